The van der Waals surface area contributed by atoms with Crippen LogP contribution in [0.25, 0.3) is 0 Å². The average molecular weight is 345 g/mol. The number of carboxylic acid groups (broad SMARTS) is 1. The van der Waals surface area contributed by atoms with Gasteiger partial charge in [-0.15, -0.1) is 0 Å². The lowest BCUT2D eigenvalue weighted by Gasteiger charge is -2.13. The van der Waals surface area contributed by atoms with E-state index in [0.717, 1.165) is 11.6 Å². The van der Waals surface area contributed by atoms with E-state index in [1.54, 1.807) is 0 Å². The number of carboxylic acids is 1. The molecule has 2 N–H and O–H groups in total. The van der Waals surface area contributed by atoms with Crippen LogP contribution >= 0.6 is 0 Å². The summed E-state index contributed by atoms with van der Waals surface area (Å²) in [5.74, 6) is -2.67. The second-order valence-corrected chi connectivity index (χ2v) is 5.53. The molecule has 0 saturated carbocycles. The van der Waals surface area contributed by atoms with Crippen molar-refractivity contribution in [2.24, 2.45) is 0 Å². The van der Waals surface area contributed by atoms with Gasteiger partial charge in [0.1, 0.15) is 5.82 Å². The van der Waals surface area contributed by atoms with Gasteiger partial charge in [0, 0.05) is 13.2 Å². The topological polar surface area (TPSA) is 75.6 Å². The molecule has 0 aliphatic carbocycles. The van der Waals surface area contributed by atoms with Crippen LogP contribution < -0.4 is 5.32 Å². The number of rotatable bonds is 8. The molecule has 2 aromatic rings. The normalized spacial score (nSPS) is 11.8. The zero-order valence-electron chi connectivity index (χ0n) is 13.9. The number of aromatic carboxylic acids is 1. The average Bonchev–Trinajstić information content (AvgIpc) is 2.61. The highest BCUT2D eigenvalue weighted by molar-refractivity contribution is 5.96. The second-order valence-electron chi connectivity index (χ2n) is 5.53. The van der Waals surface area contributed by atoms with E-state index in [1.165, 1.54) is 12.1 Å². The van der Waals surface area contributed by atoms with Gasteiger partial charge >= 0.3 is 5.97 Å². The molecular weight excluding hydrogens is 325 g/mol. The van der Waals surface area contributed by atoms with Gasteiger partial charge in [-0.25, -0.2) is 9.18 Å². The van der Waals surface area contributed by atoms with Crippen LogP contribution in [0.1, 0.15) is 45.7 Å². The molecule has 0 aromatic heterocycles. The summed E-state index contributed by atoms with van der Waals surface area (Å²) in [6, 6.07) is 13.0. The first-order valence-electron chi connectivity index (χ1n) is 7.96. The van der Waals surface area contributed by atoms with Crippen LogP contribution in [0.4, 0.5) is 4.39 Å². The number of amides is 1. The monoisotopic (exact) mass is 345 g/mol. The van der Waals surface area contributed by atoms with Crippen molar-refractivity contribution in [3.63, 3.8) is 0 Å². The molecule has 0 aliphatic heterocycles. The predicted octanol–water partition coefficient (Wildman–Crippen LogP) is 3.42. The summed E-state index contributed by atoms with van der Waals surface area (Å²) in [6.07, 6.45) is 0.537. The molecule has 0 heterocycles. The number of ether oxygens (including phenoxy) is 1. The second kappa shape index (κ2) is 8.94. The van der Waals surface area contributed by atoms with Crippen LogP contribution in [-0.2, 0) is 4.74 Å². The summed E-state index contributed by atoms with van der Waals surface area (Å²) in [5, 5.41) is 11.4. The zero-order valence-corrected chi connectivity index (χ0v) is 13.9. The molecule has 0 aliphatic rings. The number of hydrogen-bond acceptors (Lipinski definition) is 3. The zero-order chi connectivity index (χ0) is 18.2. The quantitative estimate of drug-likeness (QED) is 0.719. The first-order valence-corrected chi connectivity index (χ1v) is 7.96. The minimum Gasteiger partial charge on any atom is -0.478 e. The maximum Gasteiger partial charge on any atom is 0.335 e. The fourth-order valence-corrected chi connectivity index (χ4v) is 2.28. The summed E-state index contributed by atoms with van der Waals surface area (Å²) in [6.45, 7) is 2.74. The fraction of sp³-hybridized carbons (Fsp3) is 0.263. The Hall–Kier alpha value is -2.73. The Bertz CT molecular complexity index is 733. The van der Waals surface area contributed by atoms with Crippen LogP contribution in [0.3, 0.4) is 0 Å². The number of halogens is 1. The van der Waals surface area contributed by atoms with Crippen molar-refractivity contribution in [2.75, 3.05) is 13.2 Å². The van der Waals surface area contributed by atoms with Crippen molar-refractivity contribution in [3.05, 3.63) is 71.0 Å². The van der Waals surface area contributed by atoms with Crippen molar-refractivity contribution < 1.29 is 23.8 Å². The van der Waals surface area contributed by atoms with E-state index >= 15 is 0 Å². The van der Waals surface area contributed by atoms with Gasteiger partial charge in [0.15, 0.2) is 0 Å². The number of carbonyl (C=O) groups is 2. The molecule has 25 heavy (non-hydrogen) atoms. The summed E-state index contributed by atoms with van der Waals surface area (Å²) in [5.41, 5.74) is 0.702. The summed E-state index contributed by atoms with van der Waals surface area (Å²) in [4.78, 5) is 22.7. The van der Waals surface area contributed by atoms with Crippen molar-refractivity contribution in [1.82, 2.24) is 5.32 Å². The summed E-state index contributed by atoms with van der Waals surface area (Å²) >= 11 is 0. The van der Waals surface area contributed by atoms with Gasteiger partial charge in [0.05, 0.1) is 17.2 Å². The van der Waals surface area contributed by atoms with Crippen LogP contribution in [0, 0.1) is 5.82 Å². The largest absolute Gasteiger partial charge is 0.478 e. The third kappa shape index (κ3) is 5.39. The molecule has 1 unspecified atom stereocenters. The van der Waals surface area contributed by atoms with Gasteiger partial charge < -0.3 is 15.2 Å². The van der Waals surface area contributed by atoms with Gasteiger partial charge in [0.2, 0.25) is 0 Å². The summed E-state index contributed by atoms with van der Waals surface area (Å²) in [7, 11) is 0. The molecule has 0 bridgehead atoms. The maximum atomic E-state index is 13.8. The van der Waals surface area contributed by atoms with Gasteiger partial charge in [-0.1, -0.05) is 30.3 Å². The molecule has 5 nitrogen and oxygen atoms in total. The molecule has 6 heteroatoms. The first-order chi connectivity index (χ1) is 12.0. The van der Waals surface area contributed by atoms with E-state index in [4.69, 9.17) is 9.84 Å². The highest BCUT2D eigenvalue weighted by atomic mass is 19.1. The Balaban J connectivity index is 1.75. The minimum absolute atomic E-state index is 0.0436. The lowest BCUT2D eigenvalue weighted by atomic mass is 10.1. The molecule has 0 radical (unpaired) electrons. The van der Waals surface area contributed by atoms with Crippen molar-refractivity contribution >= 4 is 11.9 Å². The molecule has 1 atom stereocenters. The highest BCUT2D eigenvalue weighted by Gasteiger charge is 2.14. The number of hydrogen-bond donors (Lipinski definition) is 2. The predicted molar refractivity (Wildman–Crippen MR) is 91.1 cm³/mol. The minimum atomic E-state index is -1.24. The molecule has 2 rings (SSSR count). The molecular formula is C19H20FNO4. The first kappa shape index (κ1) is 18.6. The highest BCUT2D eigenvalue weighted by Crippen LogP contribution is 2.15. The Morgan fingerprint density at radius 3 is 2.56 bits per heavy atom. The van der Waals surface area contributed by atoms with Gasteiger partial charge in [0.25, 0.3) is 5.91 Å². The van der Waals surface area contributed by atoms with Crippen LogP contribution in [0.2, 0.25) is 0 Å². The lowest BCUT2D eigenvalue weighted by Crippen LogP contribution is -2.26. The van der Waals surface area contributed by atoms with Crippen molar-refractivity contribution in [1.29, 1.82) is 0 Å². The van der Waals surface area contributed by atoms with E-state index < -0.39 is 17.7 Å². The molecule has 132 valence electrons. The third-order valence-corrected chi connectivity index (χ3v) is 3.70. The van der Waals surface area contributed by atoms with Gasteiger partial charge in [-0.3, -0.25) is 4.79 Å². The SMILES string of the molecule is CC(OCCCNC(=O)c1ccc(C(=O)O)cc1F)c1ccccc1. The Morgan fingerprint density at radius 2 is 1.92 bits per heavy atom. The third-order valence-electron chi connectivity index (χ3n) is 3.70. The van der Waals surface area contributed by atoms with E-state index in [-0.39, 0.29) is 17.2 Å². The van der Waals surface area contributed by atoms with E-state index in [9.17, 15) is 14.0 Å². The Kier molecular flexibility index (Phi) is 6.65. The van der Waals surface area contributed by atoms with Crippen LogP contribution in [0.5, 0.6) is 0 Å². The standard InChI is InChI=1S/C19H20FNO4/c1-13(14-6-3-2-4-7-14)25-11-5-10-21-18(22)16-9-8-15(19(23)24)12-17(16)20/h2-4,6-9,12-13H,5,10-11H2,1H3,(H,21,22)(H,23,24). The van der Waals surface area contributed by atoms with Gasteiger partial charge in [-0.2, -0.15) is 0 Å². The van der Waals surface area contributed by atoms with Crippen molar-refractivity contribution in [2.45, 2.75) is 19.4 Å². The molecule has 0 fully saturated rings. The molecule has 0 saturated heterocycles. The van der Waals surface area contributed by atoms with E-state index in [0.29, 0.717) is 19.6 Å². The Morgan fingerprint density at radius 1 is 1.20 bits per heavy atom. The number of carbonyl (C=O) groups excluding carboxylic acids is 1. The smallest absolute Gasteiger partial charge is 0.335 e. The van der Waals surface area contributed by atoms with Crippen molar-refractivity contribution in [3.8, 4) is 0 Å². The fourth-order valence-electron chi connectivity index (χ4n) is 2.28. The number of nitrogens with one attached hydrogen (secondary N) is 1. The van der Waals surface area contributed by atoms with E-state index in [1.807, 2.05) is 37.3 Å². The summed E-state index contributed by atoms with van der Waals surface area (Å²) < 4.78 is 19.5. The van der Waals surface area contributed by atoms with Crippen LogP contribution in [-0.4, -0.2) is 30.1 Å². The molecule has 0 spiro atoms. The lowest BCUT2D eigenvalue weighted by molar-refractivity contribution is 0.0634. The Labute approximate surface area is 145 Å². The number of benzene rings is 2. The molecule has 1 amide bonds. The van der Waals surface area contributed by atoms with Gasteiger partial charge in [-0.05, 0) is 37.1 Å². The van der Waals surface area contributed by atoms with Crippen LogP contribution in [0.15, 0.2) is 48.5 Å². The maximum absolute atomic E-state index is 13.8. The molecule has 2 aromatic carbocycles. The van der Waals surface area contributed by atoms with E-state index in [2.05, 4.69) is 5.32 Å².